The molecule has 0 radical (unpaired) electrons. The molecule has 2 aliphatic rings. The summed E-state index contributed by atoms with van der Waals surface area (Å²) in [6.45, 7) is 12.7. The van der Waals surface area contributed by atoms with Gasteiger partial charge < -0.3 is 14.7 Å². The maximum absolute atomic E-state index is 13.6. The number of fused-ring (bicyclic) bond motifs is 1. The number of nitrogens with zero attached hydrogens (tertiary/aromatic N) is 2. The number of hydrogen-bond acceptors (Lipinski definition) is 4. The van der Waals surface area contributed by atoms with Gasteiger partial charge in [-0.2, -0.15) is 0 Å². The van der Waals surface area contributed by atoms with Crippen molar-refractivity contribution in [3.05, 3.63) is 93.5 Å². The minimum atomic E-state index is -0.255. The highest BCUT2D eigenvalue weighted by molar-refractivity contribution is 5.58. The van der Waals surface area contributed by atoms with Gasteiger partial charge in [-0.15, -0.1) is 0 Å². The molecule has 6 heteroatoms. The number of benzene rings is 3. The molecule has 0 bridgehead atoms. The topological polar surface area (TPSA) is 35.9 Å². The van der Waals surface area contributed by atoms with E-state index >= 15 is 0 Å². The maximum Gasteiger partial charge on any atom is 0.127 e. The number of halogens is 2. The van der Waals surface area contributed by atoms with Crippen molar-refractivity contribution < 1.29 is 18.6 Å². The van der Waals surface area contributed by atoms with E-state index < -0.39 is 0 Å². The molecule has 38 heavy (non-hydrogen) atoms. The fourth-order valence-electron chi connectivity index (χ4n) is 6.01. The van der Waals surface area contributed by atoms with Gasteiger partial charge in [0.1, 0.15) is 28.7 Å². The molecule has 2 heterocycles. The third kappa shape index (κ3) is 5.29. The Kier molecular flexibility index (Phi) is 7.47. The molecule has 0 amide bonds. The van der Waals surface area contributed by atoms with Crippen molar-refractivity contribution in [2.75, 3.05) is 32.7 Å². The summed E-state index contributed by atoms with van der Waals surface area (Å²) in [5.41, 5.74) is 5.81. The van der Waals surface area contributed by atoms with E-state index in [4.69, 9.17) is 4.74 Å². The van der Waals surface area contributed by atoms with Crippen LogP contribution in [0.25, 0.3) is 0 Å². The summed E-state index contributed by atoms with van der Waals surface area (Å²) in [7, 11) is 0. The minimum Gasteiger partial charge on any atom is -0.507 e. The predicted molar refractivity (Wildman–Crippen MR) is 147 cm³/mol. The highest BCUT2D eigenvalue weighted by Crippen LogP contribution is 2.44. The number of rotatable bonds is 6. The Labute approximate surface area is 224 Å². The first-order chi connectivity index (χ1) is 18.1. The zero-order valence-corrected chi connectivity index (χ0v) is 22.9. The molecule has 3 aromatic rings. The molecule has 1 atom stereocenters. The summed E-state index contributed by atoms with van der Waals surface area (Å²) < 4.78 is 33.9. The van der Waals surface area contributed by atoms with Crippen LogP contribution in [-0.2, 0) is 6.42 Å². The average molecular weight is 521 g/mol. The number of hydrogen-bond donors (Lipinski definition) is 1. The van der Waals surface area contributed by atoms with E-state index in [0.717, 1.165) is 91.1 Å². The summed E-state index contributed by atoms with van der Waals surface area (Å²) in [5.74, 6) is 0.841. The largest absolute Gasteiger partial charge is 0.507 e. The molecule has 1 unspecified atom stereocenters. The zero-order valence-electron chi connectivity index (χ0n) is 22.9. The van der Waals surface area contributed by atoms with Crippen LogP contribution in [0.2, 0.25) is 0 Å². The summed E-state index contributed by atoms with van der Waals surface area (Å²) >= 11 is 0. The van der Waals surface area contributed by atoms with Crippen molar-refractivity contribution in [3.63, 3.8) is 0 Å². The summed E-state index contributed by atoms with van der Waals surface area (Å²) in [6, 6.07) is 13.3. The van der Waals surface area contributed by atoms with E-state index in [-0.39, 0.29) is 23.3 Å². The van der Waals surface area contributed by atoms with E-state index in [0.29, 0.717) is 5.75 Å². The lowest BCUT2D eigenvalue weighted by atomic mass is 9.85. The van der Waals surface area contributed by atoms with Crippen molar-refractivity contribution in [2.24, 2.45) is 0 Å². The molecule has 3 aromatic carbocycles. The van der Waals surface area contributed by atoms with Gasteiger partial charge in [-0.1, -0.05) is 24.3 Å². The van der Waals surface area contributed by atoms with E-state index in [1.165, 1.54) is 24.3 Å². The monoisotopic (exact) mass is 520 g/mol. The fraction of sp³-hybridized carbons (Fsp3) is 0.438. The van der Waals surface area contributed by atoms with Gasteiger partial charge in [-0.25, -0.2) is 8.78 Å². The average Bonchev–Trinajstić information content (AvgIpc) is 2.92. The number of ether oxygens (including phenoxy) is 1. The second-order valence-corrected chi connectivity index (χ2v) is 11.2. The standard InChI is InChI=1S/C32H38F2N2O2/c1-21-22(2)31-28(23(3)30(21)37)13-14-32(4,38-31)15-16-35-17-19-36(20-18-35)29(24-5-9-26(33)10-6-24)25-7-11-27(34)12-8-25/h5-12,29,37H,13-20H2,1-4H3. The number of phenolic OH excluding ortho intramolecular Hbond substituents is 1. The van der Waals surface area contributed by atoms with E-state index in [1.807, 2.05) is 45.0 Å². The first kappa shape index (κ1) is 26.6. The Hall–Kier alpha value is -2.96. The molecular weight excluding hydrogens is 482 g/mol. The van der Waals surface area contributed by atoms with Crippen molar-refractivity contribution in [1.82, 2.24) is 9.80 Å². The molecule has 2 aliphatic heterocycles. The van der Waals surface area contributed by atoms with Gasteiger partial charge in [0.2, 0.25) is 0 Å². The molecule has 1 fully saturated rings. The molecule has 4 nitrogen and oxygen atoms in total. The van der Waals surface area contributed by atoms with E-state index in [2.05, 4.69) is 16.7 Å². The van der Waals surface area contributed by atoms with Crippen LogP contribution in [0.3, 0.4) is 0 Å². The van der Waals surface area contributed by atoms with Crippen LogP contribution < -0.4 is 4.74 Å². The lowest BCUT2D eigenvalue weighted by Gasteiger charge is -2.42. The SMILES string of the molecule is Cc1c(C)c2c(c(C)c1O)CCC(C)(CCN1CCN(C(c3ccc(F)cc3)c3ccc(F)cc3)CC1)O2. The van der Waals surface area contributed by atoms with Gasteiger partial charge in [-0.05, 0) is 99.0 Å². The van der Waals surface area contributed by atoms with Crippen LogP contribution in [0, 0.1) is 32.4 Å². The van der Waals surface area contributed by atoms with Crippen LogP contribution in [0.5, 0.6) is 11.5 Å². The molecule has 202 valence electrons. The van der Waals surface area contributed by atoms with Gasteiger partial charge in [0.25, 0.3) is 0 Å². The van der Waals surface area contributed by atoms with Crippen LogP contribution >= 0.6 is 0 Å². The molecule has 0 spiro atoms. The molecule has 5 rings (SSSR count). The quantitative estimate of drug-likeness (QED) is 0.404. The Morgan fingerprint density at radius 1 is 0.842 bits per heavy atom. The molecule has 0 saturated carbocycles. The van der Waals surface area contributed by atoms with Crippen molar-refractivity contribution in [1.29, 1.82) is 0 Å². The Morgan fingerprint density at radius 3 is 1.95 bits per heavy atom. The maximum atomic E-state index is 13.6. The Bertz CT molecular complexity index is 1240. The second-order valence-electron chi connectivity index (χ2n) is 11.2. The highest BCUT2D eigenvalue weighted by Gasteiger charge is 2.35. The fourth-order valence-corrected chi connectivity index (χ4v) is 6.01. The minimum absolute atomic E-state index is 0.0417. The van der Waals surface area contributed by atoms with Crippen LogP contribution in [-0.4, -0.2) is 53.2 Å². The van der Waals surface area contributed by atoms with E-state index in [9.17, 15) is 13.9 Å². The van der Waals surface area contributed by atoms with Gasteiger partial charge in [0.15, 0.2) is 0 Å². The van der Waals surface area contributed by atoms with Crippen LogP contribution in [0.4, 0.5) is 8.78 Å². The number of piperazine rings is 1. The van der Waals surface area contributed by atoms with Crippen LogP contribution in [0.1, 0.15) is 59.2 Å². The zero-order chi connectivity index (χ0) is 27.0. The summed E-state index contributed by atoms with van der Waals surface area (Å²) in [6.07, 6.45) is 2.78. The highest BCUT2D eigenvalue weighted by atomic mass is 19.1. The van der Waals surface area contributed by atoms with Gasteiger partial charge in [0.05, 0.1) is 6.04 Å². The first-order valence-corrected chi connectivity index (χ1v) is 13.6. The molecule has 1 saturated heterocycles. The molecular formula is C32H38F2N2O2. The molecule has 0 aliphatic carbocycles. The third-order valence-electron chi connectivity index (χ3n) is 8.69. The smallest absolute Gasteiger partial charge is 0.127 e. The predicted octanol–water partition coefficient (Wildman–Crippen LogP) is 6.48. The number of phenols is 1. The van der Waals surface area contributed by atoms with Crippen molar-refractivity contribution in [2.45, 2.75) is 58.6 Å². The summed E-state index contributed by atoms with van der Waals surface area (Å²) in [4.78, 5) is 4.90. The van der Waals surface area contributed by atoms with Gasteiger partial charge in [0, 0.05) is 38.3 Å². The lowest BCUT2D eigenvalue weighted by Crippen LogP contribution is -2.49. The van der Waals surface area contributed by atoms with E-state index in [1.54, 1.807) is 0 Å². The first-order valence-electron chi connectivity index (χ1n) is 13.6. The second kappa shape index (κ2) is 10.7. The van der Waals surface area contributed by atoms with Gasteiger partial charge in [-0.3, -0.25) is 4.90 Å². The Morgan fingerprint density at radius 2 is 1.39 bits per heavy atom. The van der Waals surface area contributed by atoms with Crippen LogP contribution in [0.15, 0.2) is 48.5 Å². The summed E-state index contributed by atoms with van der Waals surface area (Å²) in [5, 5.41) is 10.5. The van der Waals surface area contributed by atoms with Gasteiger partial charge >= 0.3 is 0 Å². The third-order valence-corrected chi connectivity index (χ3v) is 8.69. The molecule has 0 aromatic heterocycles. The number of aromatic hydroxyl groups is 1. The Balaban J connectivity index is 1.24. The molecule has 1 N–H and O–H groups in total. The van der Waals surface area contributed by atoms with Crippen molar-refractivity contribution >= 4 is 0 Å². The lowest BCUT2D eigenvalue weighted by molar-refractivity contribution is 0.0331. The normalized spacial score (nSPS) is 20.4. The van der Waals surface area contributed by atoms with Crippen molar-refractivity contribution in [3.8, 4) is 11.5 Å².